The Bertz CT molecular complexity index is 290. The van der Waals surface area contributed by atoms with Gasteiger partial charge in [0.15, 0.2) is 0 Å². The van der Waals surface area contributed by atoms with E-state index in [4.69, 9.17) is 4.74 Å². The number of esters is 1. The van der Waals surface area contributed by atoms with Gasteiger partial charge in [-0.05, 0) is 25.7 Å². The number of unbranched alkanes of at least 4 members (excludes halogenated alkanes) is 5. The average molecular weight is 299 g/mol. The third-order valence-corrected chi connectivity index (χ3v) is 3.37. The topological polar surface area (TPSA) is 55.4 Å². The van der Waals surface area contributed by atoms with Crippen molar-refractivity contribution in [3.05, 3.63) is 0 Å². The summed E-state index contributed by atoms with van der Waals surface area (Å²) in [4.78, 5) is 23.7. The zero-order valence-corrected chi connectivity index (χ0v) is 14.2. The van der Waals surface area contributed by atoms with E-state index < -0.39 is 6.04 Å². The van der Waals surface area contributed by atoms with Crippen LogP contribution in [0.15, 0.2) is 0 Å². The lowest BCUT2D eigenvalue weighted by Crippen LogP contribution is -2.42. The van der Waals surface area contributed by atoms with Crippen molar-refractivity contribution in [2.24, 2.45) is 5.92 Å². The lowest BCUT2D eigenvalue weighted by molar-refractivity contribution is -0.147. The Morgan fingerprint density at radius 1 is 1.00 bits per heavy atom. The fraction of sp³-hybridized carbons (Fsp3) is 0.882. The molecule has 0 saturated carbocycles. The van der Waals surface area contributed by atoms with Gasteiger partial charge in [0.1, 0.15) is 6.04 Å². The zero-order valence-electron chi connectivity index (χ0n) is 14.2. The first kappa shape index (κ1) is 19.9. The summed E-state index contributed by atoms with van der Waals surface area (Å²) in [6.07, 6.45) is 8.05. The van der Waals surface area contributed by atoms with Crippen molar-refractivity contribution < 1.29 is 14.3 Å². The summed E-state index contributed by atoms with van der Waals surface area (Å²) in [5, 5.41) is 2.82. The van der Waals surface area contributed by atoms with Crippen LogP contribution in [0.5, 0.6) is 0 Å². The molecule has 0 spiro atoms. The van der Waals surface area contributed by atoms with Gasteiger partial charge < -0.3 is 10.1 Å². The number of hydrogen-bond donors (Lipinski definition) is 1. The molecule has 0 rings (SSSR count). The summed E-state index contributed by atoms with van der Waals surface area (Å²) in [6.45, 7) is 8.39. The van der Waals surface area contributed by atoms with Crippen LogP contribution in [0.3, 0.4) is 0 Å². The normalized spacial score (nSPS) is 12.2. The first-order chi connectivity index (χ1) is 10.0. The number of nitrogens with one attached hydrogen (secondary N) is 1. The van der Waals surface area contributed by atoms with Crippen molar-refractivity contribution >= 4 is 11.9 Å². The molecule has 0 saturated heterocycles. The van der Waals surface area contributed by atoms with Crippen LogP contribution < -0.4 is 5.32 Å². The van der Waals surface area contributed by atoms with Crippen LogP contribution >= 0.6 is 0 Å². The monoisotopic (exact) mass is 299 g/mol. The molecule has 1 atom stereocenters. The Balaban J connectivity index is 4.01. The third-order valence-electron chi connectivity index (χ3n) is 3.37. The molecule has 4 heteroatoms. The Morgan fingerprint density at radius 3 is 2.19 bits per heavy atom. The van der Waals surface area contributed by atoms with E-state index in [1.54, 1.807) is 6.92 Å². The predicted molar refractivity (Wildman–Crippen MR) is 86.0 cm³/mol. The van der Waals surface area contributed by atoms with Gasteiger partial charge in [0.25, 0.3) is 0 Å². The van der Waals surface area contributed by atoms with Crippen LogP contribution in [-0.4, -0.2) is 24.5 Å². The maximum atomic E-state index is 11.9. The molecule has 0 heterocycles. The molecule has 21 heavy (non-hydrogen) atoms. The summed E-state index contributed by atoms with van der Waals surface area (Å²) < 4.78 is 5.02. The van der Waals surface area contributed by atoms with Gasteiger partial charge in [-0.1, -0.05) is 52.9 Å². The fourth-order valence-electron chi connectivity index (χ4n) is 2.26. The summed E-state index contributed by atoms with van der Waals surface area (Å²) in [6, 6.07) is -0.502. The molecule has 0 fully saturated rings. The Hall–Kier alpha value is -1.06. The summed E-state index contributed by atoms with van der Waals surface area (Å²) in [5.74, 6) is -0.0135. The second kappa shape index (κ2) is 12.7. The van der Waals surface area contributed by atoms with Crippen LogP contribution in [0, 0.1) is 5.92 Å². The van der Waals surface area contributed by atoms with Crippen molar-refractivity contribution in [2.45, 2.75) is 85.1 Å². The van der Waals surface area contributed by atoms with E-state index in [0.29, 0.717) is 25.4 Å². The molecule has 0 bridgehead atoms. The molecule has 0 aromatic rings. The van der Waals surface area contributed by atoms with E-state index >= 15 is 0 Å². The van der Waals surface area contributed by atoms with Gasteiger partial charge in [-0.3, -0.25) is 4.79 Å². The third kappa shape index (κ3) is 11.3. The maximum Gasteiger partial charge on any atom is 0.328 e. The van der Waals surface area contributed by atoms with Gasteiger partial charge in [-0.2, -0.15) is 0 Å². The van der Waals surface area contributed by atoms with Gasteiger partial charge >= 0.3 is 5.97 Å². The number of amides is 1. The minimum Gasteiger partial charge on any atom is -0.464 e. The van der Waals surface area contributed by atoms with Crippen LogP contribution in [0.1, 0.15) is 79.1 Å². The predicted octanol–water partition coefficient (Wildman–Crippen LogP) is 3.83. The van der Waals surface area contributed by atoms with Crippen LogP contribution in [0.25, 0.3) is 0 Å². The van der Waals surface area contributed by atoms with Gasteiger partial charge in [-0.15, -0.1) is 0 Å². The van der Waals surface area contributed by atoms with Gasteiger partial charge in [0.2, 0.25) is 5.91 Å². The van der Waals surface area contributed by atoms with Crippen LogP contribution in [-0.2, 0) is 14.3 Å². The first-order valence-electron chi connectivity index (χ1n) is 8.47. The molecule has 0 aliphatic rings. The summed E-state index contributed by atoms with van der Waals surface area (Å²) in [7, 11) is 0. The van der Waals surface area contributed by atoms with Crippen LogP contribution in [0.2, 0.25) is 0 Å². The average Bonchev–Trinajstić information content (AvgIpc) is 2.41. The van der Waals surface area contributed by atoms with Gasteiger partial charge in [-0.25, -0.2) is 4.79 Å². The van der Waals surface area contributed by atoms with Crippen molar-refractivity contribution in [1.29, 1.82) is 0 Å². The first-order valence-corrected chi connectivity index (χ1v) is 8.47. The minimum atomic E-state index is -0.502. The molecule has 0 aliphatic heterocycles. The van der Waals surface area contributed by atoms with Gasteiger partial charge in [0.05, 0.1) is 6.61 Å². The Kier molecular flexibility index (Phi) is 12.0. The van der Waals surface area contributed by atoms with Crippen molar-refractivity contribution in [3.63, 3.8) is 0 Å². The molecule has 1 unspecified atom stereocenters. The number of carbonyl (C=O) groups excluding carboxylic acids is 2. The van der Waals surface area contributed by atoms with Gasteiger partial charge in [0, 0.05) is 6.42 Å². The summed E-state index contributed by atoms with van der Waals surface area (Å²) in [5.41, 5.74) is 0. The van der Waals surface area contributed by atoms with E-state index in [9.17, 15) is 9.59 Å². The highest BCUT2D eigenvalue weighted by atomic mass is 16.5. The number of hydrogen-bond acceptors (Lipinski definition) is 3. The van der Waals surface area contributed by atoms with E-state index in [0.717, 1.165) is 12.8 Å². The van der Waals surface area contributed by atoms with E-state index in [1.165, 1.54) is 25.7 Å². The second-order valence-electron chi connectivity index (χ2n) is 6.02. The van der Waals surface area contributed by atoms with E-state index in [1.807, 2.05) is 13.8 Å². The fourth-order valence-corrected chi connectivity index (χ4v) is 2.26. The molecule has 4 nitrogen and oxygen atoms in total. The molecule has 124 valence electrons. The molecule has 0 aromatic heterocycles. The highest BCUT2D eigenvalue weighted by Crippen LogP contribution is 2.09. The molecule has 0 aliphatic carbocycles. The van der Waals surface area contributed by atoms with E-state index in [2.05, 4.69) is 12.2 Å². The van der Waals surface area contributed by atoms with Crippen molar-refractivity contribution in [1.82, 2.24) is 5.32 Å². The minimum absolute atomic E-state index is 0.0378. The largest absolute Gasteiger partial charge is 0.464 e. The van der Waals surface area contributed by atoms with E-state index in [-0.39, 0.29) is 11.9 Å². The van der Waals surface area contributed by atoms with Crippen LogP contribution in [0.4, 0.5) is 0 Å². The molecule has 1 amide bonds. The smallest absolute Gasteiger partial charge is 0.328 e. The van der Waals surface area contributed by atoms with Crippen molar-refractivity contribution in [2.75, 3.05) is 6.61 Å². The number of ether oxygens (including phenoxy) is 1. The zero-order chi connectivity index (χ0) is 16.1. The highest BCUT2D eigenvalue weighted by Gasteiger charge is 2.22. The number of carbonyl (C=O) groups is 2. The second-order valence-corrected chi connectivity index (χ2v) is 6.02. The lowest BCUT2D eigenvalue weighted by Gasteiger charge is -2.19. The molecule has 0 radical (unpaired) electrons. The SMILES string of the molecule is CCCCCCCCC(=O)NC(CC(C)C)C(=O)OCC. The maximum absolute atomic E-state index is 11.9. The lowest BCUT2D eigenvalue weighted by atomic mass is 10.0. The van der Waals surface area contributed by atoms with Crippen molar-refractivity contribution in [3.8, 4) is 0 Å². The Morgan fingerprint density at radius 2 is 1.62 bits per heavy atom. The number of rotatable bonds is 12. The quantitative estimate of drug-likeness (QED) is 0.440. The standard InChI is InChI=1S/C17H33NO3/c1-5-7-8-9-10-11-12-16(19)18-15(13-14(3)4)17(20)21-6-2/h14-15H,5-13H2,1-4H3,(H,18,19). The highest BCUT2D eigenvalue weighted by molar-refractivity contribution is 5.84. The molecule has 0 aromatic carbocycles. The molecular formula is C17H33NO3. The molecular weight excluding hydrogens is 266 g/mol. The summed E-state index contributed by atoms with van der Waals surface area (Å²) >= 11 is 0. The Labute approximate surface area is 130 Å². The molecule has 1 N–H and O–H groups in total.